The van der Waals surface area contributed by atoms with Crippen LogP contribution >= 0.6 is 0 Å². The molecule has 1 aromatic heterocycles. The SMILES string of the molecule is Cc1ccccc1NC(=O)c1cc(NCCN(C)C)ncn1. The van der Waals surface area contributed by atoms with Gasteiger partial charge >= 0.3 is 0 Å². The lowest BCUT2D eigenvalue weighted by Gasteiger charge is -2.11. The molecule has 2 aromatic rings. The number of nitrogens with zero attached hydrogens (tertiary/aromatic N) is 3. The first kappa shape index (κ1) is 15.9. The number of nitrogens with one attached hydrogen (secondary N) is 2. The maximum absolute atomic E-state index is 12.3. The third-order valence-corrected chi connectivity index (χ3v) is 3.16. The van der Waals surface area contributed by atoms with Crippen molar-refractivity contribution in [3.05, 3.63) is 47.9 Å². The second-order valence-corrected chi connectivity index (χ2v) is 5.29. The largest absolute Gasteiger partial charge is 0.369 e. The second-order valence-electron chi connectivity index (χ2n) is 5.29. The molecule has 0 atom stereocenters. The van der Waals surface area contributed by atoms with Crippen LogP contribution in [0.2, 0.25) is 0 Å². The number of hydrogen-bond donors (Lipinski definition) is 2. The van der Waals surface area contributed by atoms with Crippen LogP contribution in [0.5, 0.6) is 0 Å². The molecule has 0 spiro atoms. The second kappa shape index (κ2) is 7.51. The van der Waals surface area contributed by atoms with Crippen LogP contribution in [0.1, 0.15) is 16.1 Å². The Kier molecular flexibility index (Phi) is 5.43. The summed E-state index contributed by atoms with van der Waals surface area (Å²) in [6.07, 6.45) is 1.39. The number of rotatable bonds is 6. The molecule has 0 aliphatic carbocycles. The van der Waals surface area contributed by atoms with Gasteiger partial charge in [-0.15, -0.1) is 0 Å². The van der Waals surface area contributed by atoms with Crippen molar-refractivity contribution >= 4 is 17.4 Å². The summed E-state index contributed by atoms with van der Waals surface area (Å²) in [5, 5.41) is 6.04. The van der Waals surface area contributed by atoms with Crippen LogP contribution in [-0.4, -0.2) is 48.0 Å². The Morgan fingerprint density at radius 1 is 1.23 bits per heavy atom. The van der Waals surface area contributed by atoms with Crippen molar-refractivity contribution in [3.8, 4) is 0 Å². The molecule has 0 unspecified atom stereocenters. The van der Waals surface area contributed by atoms with E-state index in [0.29, 0.717) is 11.5 Å². The molecular formula is C16H21N5O. The number of carbonyl (C=O) groups excluding carboxylic acids is 1. The van der Waals surface area contributed by atoms with Crippen molar-refractivity contribution in [1.29, 1.82) is 0 Å². The highest BCUT2D eigenvalue weighted by atomic mass is 16.1. The average Bonchev–Trinajstić information content (AvgIpc) is 2.49. The van der Waals surface area contributed by atoms with E-state index in [-0.39, 0.29) is 5.91 Å². The number of aromatic nitrogens is 2. The number of benzene rings is 1. The minimum atomic E-state index is -0.243. The molecule has 2 N–H and O–H groups in total. The molecule has 0 saturated carbocycles. The molecular weight excluding hydrogens is 278 g/mol. The molecule has 0 aliphatic rings. The van der Waals surface area contributed by atoms with Crippen LogP contribution in [-0.2, 0) is 0 Å². The van der Waals surface area contributed by atoms with Gasteiger partial charge in [0.1, 0.15) is 17.8 Å². The molecule has 0 saturated heterocycles. The van der Waals surface area contributed by atoms with Crippen molar-refractivity contribution < 1.29 is 4.79 Å². The first-order valence-corrected chi connectivity index (χ1v) is 7.14. The van der Waals surface area contributed by atoms with Gasteiger partial charge in [-0.1, -0.05) is 18.2 Å². The topological polar surface area (TPSA) is 70.2 Å². The molecule has 0 radical (unpaired) electrons. The van der Waals surface area contributed by atoms with E-state index in [9.17, 15) is 4.79 Å². The predicted octanol–water partition coefficient (Wildman–Crippen LogP) is 2.01. The molecule has 1 heterocycles. The summed E-state index contributed by atoms with van der Waals surface area (Å²) in [5.74, 6) is 0.402. The van der Waals surface area contributed by atoms with Crippen molar-refractivity contribution in [3.63, 3.8) is 0 Å². The molecule has 0 fully saturated rings. The molecule has 1 amide bonds. The van der Waals surface area contributed by atoms with Gasteiger partial charge in [0.15, 0.2) is 0 Å². The molecule has 22 heavy (non-hydrogen) atoms. The summed E-state index contributed by atoms with van der Waals surface area (Å²) >= 11 is 0. The smallest absolute Gasteiger partial charge is 0.274 e. The normalized spacial score (nSPS) is 10.5. The fourth-order valence-corrected chi connectivity index (χ4v) is 1.89. The van der Waals surface area contributed by atoms with Crippen LogP contribution in [0, 0.1) is 6.92 Å². The minimum Gasteiger partial charge on any atom is -0.369 e. The summed E-state index contributed by atoms with van der Waals surface area (Å²) in [6, 6.07) is 9.29. The number of aryl methyl sites for hydroxylation is 1. The van der Waals surface area contributed by atoms with E-state index >= 15 is 0 Å². The van der Waals surface area contributed by atoms with E-state index in [1.165, 1.54) is 6.33 Å². The van der Waals surface area contributed by atoms with E-state index in [0.717, 1.165) is 24.3 Å². The highest BCUT2D eigenvalue weighted by molar-refractivity contribution is 6.03. The van der Waals surface area contributed by atoms with Gasteiger partial charge in [0.2, 0.25) is 0 Å². The quantitative estimate of drug-likeness (QED) is 0.854. The summed E-state index contributed by atoms with van der Waals surface area (Å²) in [5.41, 5.74) is 2.13. The van der Waals surface area contributed by atoms with Gasteiger partial charge in [0, 0.05) is 24.8 Å². The predicted molar refractivity (Wildman–Crippen MR) is 88.2 cm³/mol. The lowest BCUT2D eigenvalue weighted by molar-refractivity contribution is 0.102. The highest BCUT2D eigenvalue weighted by Crippen LogP contribution is 2.14. The summed E-state index contributed by atoms with van der Waals surface area (Å²) in [4.78, 5) is 22.5. The maximum atomic E-state index is 12.3. The Labute approximate surface area is 130 Å². The first-order valence-electron chi connectivity index (χ1n) is 7.14. The van der Waals surface area contributed by atoms with Gasteiger partial charge < -0.3 is 15.5 Å². The Morgan fingerprint density at radius 2 is 2.00 bits per heavy atom. The lowest BCUT2D eigenvalue weighted by atomic mass is 10.2. The van der Waals surface area contributed by atoms with Gasteiger partial charge in [-0.25, -0.2) is 9.97 Å². The van der Waals surface area contributed by atoms with Crippen LogP contribution in [0.4, 0.5) is 11.5 Å². The number of amides is 1. The summed E-state index contributed by atoms with van der Waals surface area (Å²) in [7, 11) is 4.01. The van der Waals surface area contributed by atoms with Gasteiger partial charge in [-0.05, 0) is 32.6 Å². The third kappa shape index (κ3) is 4.53. The standard InChI is InChI=1S/C16H21N5O/c1-12-6-4-5-7-13(12)20-16(22)14-10-15(19-11-18-14)17-8-9-21(2)3/h4-7,10-11H,8-9H2,1-3H3,(H,20,22)(H,17,18,19). The Hall–Kier alpha value is -2.47. The third-order valence-electron chi connectivity index (χ3n) is 3.16. The van der Waals surface area contributed by atoms with Gasteiger partial charge in [0.05, 0.1) is 0 Å². The highest BCUT2D eigenvalue weighted by Gasteiger charge is 2.10. The average molecular weight is 299 g/mol. The molecule has 2 rings (SSSR count). The van der Waals surface area contributed by atoms with Crippen LogP contribution in [0.25, 0.3) is 0 Å². The fraction of sp³-hybridized carbons (Fsp3) is 0.312. The van der Waals surface area contributed by atoms with Crippen molar-refractivity contribution in [2.24, 2.45) is 0 Å². The first-order chi connectivity index (χ1) is 10.6. The molecule has 6 nitrogen and oxygen atoms in total. The number of hydrogen-bond acceptors (Lipinski definition) is 5. The zero-order valence-corrected chi connectivity index (χ0v) is 13.1. The van der Waals surface area contributed by atoms with Crippen LogP contribution in [0.3, 0.4) is 0 Å². The van der Waals surface area contributed by atoms with Crippen molar-refractivity contribution in [2.75, 3.05) is 37.8 Å². The number of likely N-dealkylation sites (N-methyl/N-ethyl adjacent to an activating group) is 1. The zero-order chi connectivity index (χ0) is 15.9. The zero-order valence-electron chi connectivity index (χ0n) is 13.1. The molecule has 116 valence electrons. The summed E-state index contributed by atoms with van der Waals surface area (Å²) in [6.45, 7) is 3.58. The lowest BCUT2D eigenvalue weighted by Crippen LogP contribution is -2.21. The maximum Gasteiger partial charge on any atom is 0.274 e. The van der Waals surface area contributed by atoms with Crippen molar-refractivity contribution in [2.45, 2.75) is 6.92 Å². The Morgan fingerprint density at radius 3 is 2.73 bits per heavy atom. The van der Waals surface area contributed by atoms with E-state index in [1.807, 2.05) is 45.3 Å². The van der Waals surface area contributed by atoms with Gasteiger partial charge in [0.25, 0.3) is 5.91 Å². The number of carbonyl (C=O) groups is 1. The van der Waals surface area contributed by atoms with E-state index in [2.05, 4.69) is 25.5 Å². The molecule has 0 bridgehead atoms. The van der Waals surface area contributed by atoms with Gasteiger partial charge in [-0.2, -0.15) is 0 Å². The number of anilines is 2. The number of para-hydroxylation sites is 1. The van der Waals surface area contributed by atoms with E-state index in [4.69, 9.17) is 0 Å². The Bertz CT molecular complexity index is 642. The van der Waals surface area contributed by atoms with Crippen LogP contribution in [0.15, 0.2) is 36.7 Å². The minimum absolute atomic E-state index is 0.243. The van der Waals surface area contributed by atoms with E-state index in [1.54, 1.807) is 6.07 Å². The fourth-order valence-electron chi connectivity index (χ4n) is 1.89. The molecule has 6 heteroatoms. The molecule has 0 aliphatic heterocycles. The summed E-state index contributed by atoms with van der Waals surface area (Å²) < 4.78 is 0. The van der Waals surface area contributed by atoms with Gasteiger partial charge in [-0.3, -0.25) is 4.79 Å². The van der Waals surface area contributed by atoms with Crippen molar-refractivity contribution in [1.82, 2.24) is 14.9 Å². The van der Waals surface area contributed by atoms with E-state index < -0.39 is 0 Å². The monoisotopic (exact) mass is 299 g/mol. The molecule has 1 aromatic carbocycles. The Balaban J connectivity index is 2.02. The van der Waals surface area contributed by atoms with Crippen LogP contribution < -0.4 is 10.6 Å².